The third kappa shape index (κ3) is 2.59. The Morgan fingerprint density at radius 1 is 1.17 bits per heavy atom. The molecule has 1 aliphatic rings. The first kappa shape index (κ1) is 15.0. The van der Waals surface area contributed by atoms with E-state index in [4.69, 9.17) is 9.47 Å². The van der Waals surface area contributed by atoms with Gasteiger partial charge >= 0.3 is 5.97 Å². The second-order valence-corrected chi connectivity index (χ2v) is 6.92. The number of benzene rings is 1. The summed E-state index contributed by atoms with van der Waals surface area (Å²) >= 11 is 1.59. The van der Waals surface area contributed by atoms with E-state index in [1.807, 2.05) is 19.1 Å². The zero-order chi connectivity index (χ0) is 16.7. The van der Waals surface area contributed by atoms with Crippen molar-refractivity contribution in [2.24, 2.45) is 0 Å². The van der Waals surface area contributed by atoms with E-state index in [0.29, 0.717) is 41.3 Å². The Balaban J connectivity index is 1.96. The summed E-state index contributed by atoms with van der Waals surface area (Å²) in [4.78, 5) is 18.5. The van der Waals surface area contributed by atoms with E-state index in [1.165, 1.54) is 0 Å². The van der Waals surface area contributed by atoms with Gasteiger partial charge in [-0.05, 0) is 31.2 Å². The Morgan fingerprint density at radius 3 is 2.58 bits per heavy atom. The van der Waals surface area contributed by atoms with E-state index in [9.17, 15) is 9.90 Å². The third-order valence-electron chi connectivity index (χ3n) is 3.90. The van der Waals surface area contributed by atoms with Crippen LogP contribution < -0.4 is 9.47 Å². The quantitative estimate of drug-likeness (QED) is 0.759. The molecule has 1 aromatic carbocycles. The number of ether oxygens (including phenoxy) is 2. The molecule has 24 heavy (non-hydrogen) atoms. The number of carboxylic acid groups (broad SMARTS) is 1. The van der Waals surface area contributed by atoms with Gasteiger partial charge in [-0.3, -0.25) is 0 Å². The van der Waals surface area contributed by atoms with Crippen molar-refractivity contribution in [1.82, 2.24) is 4.98 Å². The van der Waals surface area contributed by atoms with Gasteiger partial charge < -0.3 is 14.6 Å². The van der Waals surface area contributed by atoms with E-state index in [0.717, 1.165) is 16.2 Å². The number of rotatable bonds is 2. The molecule has 4 rings (SSSR count). The summed E-state index contributed by atoms with van der Waals surface area (Å²) < 4.78 is 11.4. The molecule has 0 bridgehead atoms. The molecule has 0 aliphatic carbocycles. The highest BCUT2D eigenvalue weighted by atomic mass is 32.1. The van der Waals surface area contributed by atoms with Crippen LogP contribution >= 0.6 is 11.3 Å². The lowest BCUT2D eigenvalue weighted by atomic mass is 10.1. The van der Waals surface area contributed by atoms with Crippen LogP contribution in [0.25, 0.3) is 21.5 Å². The second kappa shape index (κ2) is 5.79. The van der Waals surface area contributed by atoms with Gasteiger partial charge in [0.2, 0.25) is 0 Å². The van der Waals surface area contributed by atoms with E-state index >= 15 is 0 Å². The van der Waals surface area contributed by atoms with E-state index in [2.05, 4.69) is 4.98 Å². The normalized spacial score (nSPS) is 13.7. The van der Waals surface area contributed by atoms with Gasteiger partial charge in [0.25, 0.3) is 0 Å². The highest BCUT2D eigenvalue weighted by Crippen LogP contribution is 2.37. The molecular formula is C18H15NO4S. The van der Waals surface area contributed by atoms with Crippen LogP contribution in [0.5, 0.6) is 11.5 Å². The monoisotopic (exact) mass is 341 g/mol. The zero-order valence-electron chi connectivity index (χ0n) is 13.0. The fraction of sp³-hybridized carbons (Fsp3) is 0.222. The number of nitrogens with zero attached hydrogens (tertiary/aromatic N) is 1. The summed E-state index contributed by atoms with van der Waals surface area (Å²) in [5.41, 5.74) is 1.48. The maximum absolute atomic E-state index is 11.7. The third-order valence-corrected chi connectivity index (χ3v) is 4.92. The minimum absolute atomic E-state index is 0.219. The van der Waals surface area contributed by atoms with Crippen molar-refractivity contribution in [1.29, 1.82) is 0 Å². The number of thiophene rings is 1. The number of hydrogen-bond acceptors (Lipinski definition) is 5. The fourth-order valence-electron chi connectivity index (χ4n) is 2.76. The van der Waals surface area contributed by atoms with Gasteiger partial charge in [0.1, 0.15) is 0 Å². The lowest BCUT2D eigenvalue weighted by Gasteiger charge is -2.11. The highest BCUT2D eigenvalue weighted by Gasteiger charge is 2.18. The number of carbonyl (C=O) groups is 1. The minimum Gasteiger partial charge on any atom is -0.490 e. The number of pyridine rings is 1. The maximum atomic E-state index is 11.7. The summed E-state index contributed by atoms with van der Waals surface area (Å²) in [6, 6.07) is 9.07. The molecule has 1 N–H and O–H groups in total. The van der Waals surface area contributed by atoms with Crippen LogP contribution in [-0.4, -0.2) is 29.3 Å². The van der Waals surface area contributed by atoms with Crippen LogP contribution in [0.1, 0.15) is 21.7 Å². The molecule has 0 spiro atoms. The lowest BCUT2D eigenvalue weighted by Crippen LogP contribution is -2.01. The summed E-state index contributed by atoms with van der Waals surface area (Å²) in [6.45, 7) is 3.15. The average Bonchev–Trinajstić information content (AvgIpc) is 2.86. The lowest BCUT2D eigenvalue weighted by molar-refractivity contribution is 0.0699. The molecule has 0 saturated carbocycles. The molecule has 1 aliphatic heterocycles. The molecular weight excluding hydrogens is 326 g/mol. The van der Waals surface area contributed by atoms with Crippen molar-refractivity contribution in [3.63, 3.8) is 0 Å². The topological polar surface area (TPSA) is 68.7 Å². The number of hydrogen-bond donors (Lipinski definition) is 1. The van der Waals surface area contributed by atoms with Crippen molar-refractivity contribution in [2.45, 2.75) is 13.3 Å². The van der Waals surface area contributed by atoms with Gasteiger partial charge in [-0.25, -0.2) is 9.78 Å². The Kier molecular flexibility index (Phi) is 3.61. The van der Waals surface area contributed by atoms with E-state index in [1.54, 1.807) is 29.5 Å². The number of fused-ring (bicyclic) bond motifs is 2. The molecule has 6 heteroatoms. The average molecular weight is 341 g/mol. The van der Waals surface area contributed by atoms with E-state index in [-0.39, 0.29) is 5.56 Å². The number of aromatic nitrogens is 1. The second-order valence-electron chi connectivity index (χ2n) is 5.64. The van der Waals surface area contributed by atoms with Crippen molar-refractivity contribution >= 4 is 28.2 Å². The van der Waals surface area contributed by atoms with Gasteiger partial charge in [-0.2, -0.15) is 0 Å². The van der Waals surface area contributed by atoms with Crippen molar-refractivity contribution in [3.8, 4) is 22.1 Å². The van der Waals surface area contributed by atoms with Gasteiger partial charge in [0.05, 0.1) is 34.9 Å². The molecule has 0 atom stereocenters. The molecule has 3 aromatic rings. The van der Waals surface area contributed by atoms with Crippen LogP contribution in [0.15, 0.2) is 30.3 Å². The van der Waals surface area contributed by atoms with Crippen LogP contribution in [-0.2, 0) is 0 Å². The molecule has 122 valence electrons. The fourth-order valence-corrected chi connectivity index (χ4v) is 3.59. The molecule has 0 unspecified atom stereocenters. The molecule has 5 nitrogen and oxygen atoms in total. The van der Waals surface area contributed by atoms with Crippen LogP contribution in [0, 0.1) is 6.92 Å². The summed E-state index contributed by atoms with van der Waals surface area (Å²) in [6.07, 6.45) is 0.796. The maximum Gasteiger partial charge on any atom is 0.336 e. The highest BCUT2D eigenvalue weighted by molar-refractivity contribution is 7.15. The minimum atomic E-state index is -0.980. The first-order chi connectivity index (χ1) is 11.6. The van der Waals surface area contributed by atoms with Gasteiger partial charge in [-0.1, -0.05) is 0 Å². The number of aryl methyl sites for hydroxylation is 1. The van der Waals surface area contributed by atoms with Crippen molar-refractivity contribution in [3.05, 3.63) is 40.8 Å². The number of aromatic carboxylic acids is 1. The molecule has 0 saturated heterocycles. The number of carboxylic acids is 1. The summed E-state index contributed by atoms with van der Waals surface area (Å²) in [5.74, 6) is 0.207. The first-order valence-corrected chi connectivity index (χ1v) is 8.48. The molecule has 0 fully saturated rings. The van der Waals surface area contributed by atoms with Crippen LogP contribution in [0.4, 0.5) is 0 Å². The Morgan fingerprint density at radius 2 is 1.92 bits per heavy atom. The van der Waals surface area contributed by atoms with Gasteiger partial charge in [-0.15, -0.1) is 11.3 Å². The Hall–Kier alpha value is -2.60. The standard InChI is InChI=1S/C18H15NO4S/c1-10-3-4-17(24-10)14-7-12(18(20)21)11-8-15-16(9-13(11)19-14)23-6-2-5-22-15/h3-4,7-9H,2,5-6H2,1H3,(H,20,21). The predicted octanol–water partition coefficient (Wildman–Crippen LogP) is 4.13. The summed E-state index contributed by atoms with van der Waals surface area (Å²) in [7, 11) is 0. The van der Waals surface area contributed by atoms with E-state index < -0.39 is 5.97 Å². The molecule has 2 aromatic heterocycles. The van der Waals surface area contributed by atoms with Gasteiger partial charge in [0.15, 0.2) is 11.5 Å². The SMILES string of the molecule is Cc1ccc(-c2cc(C(=O)O)c3cc4c(cc3n2)OCCCO4)s1. The van der Waals surface area contributed by atoms with Crippen LogP contribution in [0.3, 0.4) is 0 Å². The van der Waals surface area contributed by atoms with Crippen LogP contribution in [0.2, 0.25) is 0 Å². The van der Waals surface area contributed by atoms with Crippen molar-refractivity contribution < 1.29 is 19.4 Å². The molecule has 0 amide bonds. The predicted molar refractivity (Wildman–Crippen MR) is 92.4 cm³/mol. The van der Waals surface area contributed by atoms with Gasteiger partial charge in [0, 0.05) is 22.8 Å². The Bertz CT molecular complexity index is 948. The molecule has 3 heterocycles. The largest absolute Gasteiger partial charge is 0.490 e. The summed E-state index contributed by atoms with van der Waals surface area (Å²) in [5, 5.41) is 10.2. The van der Waals surface area contributed by atoms with Crippen molar-refractivity contribution in [2.75, 3.05) is 13.2 Å². The molecule has 0 radical (unpaired) electrons. The zero-order valence-corrected chi connectivity index (χ0v) is 13.9. The first-order valence-electron chi connectivity index (χ1n) is 7.66. The Labute approximate surface area is 142 Å². The smallest absolute Gasteiger partial charge is 0.336 e.